The molecule has 0 radical (unpaired) electrons. The van der Waals surface area contributed by atoms with Gasteiger partial charge in [0.1, 0.15) is 0 Å². The molecule has 3 rings (SSSR count). The molecule has 0 aromatic heterocycles. The number of rotatable bonds is 3. The number of hydrogen-bond acceptors (Lipinski definition) is 4. The van der Waals surface area contributed by atoms with Crippen molar-refractivity contribution in [2.45, 2.75) is 52.4 Å². The van der Waals surface area contributed by atoms with Crippen molar-refractivity contribution in [2.75, 3.05) is 26.2 Å². The number of amides is 2. The summed E-state index contributed by atoms with van der Waals surface area (Å²) in [5.74, 6) is 0.402. The van der Waals surface area contributed by atoms with Gasteiger partial charge in [-0.2, -0.15) is 5.26 Å². The summed E-state index contributed by atoms with van der Waals surface area (Å²) in [6, 6.07) is 5.76. The zero-order valence-corrected chi connectivity index (χ0v) is 19.1. The van der Waals surface area contributed by atoms with Crippen LogP contribution in [-0.4, -0.2) is 53.8 Å². The second-order valence-corrected chi connectivity index (χ2v) is 7.67. The number of aliphatic imine (C=N–C) groups is 1. The Balaban J connectivity index is 0.000000300. The normalized spacial score (nSPS) is 16.0. The molecular weight excluding hydrogens is 404 g/mol. The number of nitrogens with zero attached hydrogens (tertiary/aromatic N) is 4. The van der Waals surface area contributed by atoms with E-state index in [0.29, 0.717) is 13.0 Å². The van der Waals surface area contributed by atoms with Gasteiger partial charge in [-0.25, -0.2) is 4.99 Å². The Morgan fingerprint density at radius 2 is 1.81 bits per heavy atom. The van der Waals surface area contributed by atoms with Gasteiger partial charge >= 0.3 is 0 Å². The quantitative estimate of drug-likeness (QED) is 0.247. The van der Waals surface area contributed by atoms with Crippen LogP contribution < -0.4 is 11.1 Å². The van der Waals surface area contributed by atoms with E-state index in [1.807, 2.05) is 36.9 Å². The summed E-state index contributed by atoms with van der Waals surface area (Å²) in [6.07, 6.45) is 15.7. The van der Waals surface area contributed by atoms with Crippen LogP contribution in [0.1, 0.15) is 49.7 Å². The number of carbonyl (C=O) groups excluding carboxylic acids is 2. The van der Waals surface area contributed by atoms with Gasteiger partial charge in [-0.3, -0.25) is 14.9 Å². The number of hydrogen-bond donors (Lipinski definition) is 2. The number of terminal acetylenes is 1. The Bertz CT molecular complexity index is 850. The lowest BCUT2D eigenvalue weighted by Gasteiger charge is -2.23. The fourth-order valence-corrected chi connectivity index (χ4v) is 3.51. The predicted octanol–water partition coefficient (Wildman–Crippen LogP) is 2.58. The van der Waals surface area contributed by atoms with Gasteiger partial charge in [0.05, 0.1) is 12.2 Å². The predicted molar refractivity (Wildman–Crippen MR) is 127 cm³/mol. The van der Waals surface area contributed by atoms with E-state index in [2.05, 4.69) is 23.2 Å². The van der Waals surface area contributed by atoms with Gasteiger partial charge in [0.2, 0.25) is 17.8 Å². The molecule has 2 aliphatic rings. The number of carbonyl (C=O) groups is 2. The summed E-state index contributed by atoms with van der Waals surface area (Å²) in [4.78, 5) is 31.3. The van der Waals surface area contributed by atoms with E-state index in [1.54, 1.807) is 11.1 Å². The number of nitrogens with one attached hydrogen (secondary N) is 1. The van der Waals surface area contributed by atoms with Crippen molar-refractivity contribution in [3.8, 4) is 19.0 Å². The second kappa shape index (κ2) is 14.5. The second-order valence-electron chi connectivity index (χ2n) is 7.67. The summed E-state index contributed by atoms with van der Waals surface area (Å²) in [5, 5.41) is 10.6. The van der Waals surface area contributed by atoms with Gasteiger partial charge in [-0.1, -0.05) is 18.6 Å². The molecule has 0 spiro atoms. The lowest BCUT2D eigenvalue weighted by Crippen LogP contribution is -2.41. The number of benzene rings is 1. The van der Waals surface area contributed by atoms with E-state index in [-0.39, 0.29) is 17.8 Å². The third-order valence-electron chi connectivity index (χ3n) is 5.46. The van der Waals surface area contributed by atoms with Crippen LogP contribution in [-0.2, 0) is 9.59 Å². The van der Waals surface area contributed by atoms with Crippen molar-refractivity contribution in [1.82, 2.24) is 15.1 Å². The Morgan fingerprint density at radius 1 is 1.16 bits per heavy atom. The Kier molecular flexibility index (Phi) is 12.0. The van der Waals surface area contributed by atoms with Crippen molar-refractivity contribution < 1.29 is 9.59 Å². The third kappa shape index (κ3) is 8.69. The van der Waals surface area contributed by atoms with E-state index in [0.717, 1.165) is 68.6 Å². The van der Waals surface area contributed by atoms with Gasteiger partial charge in [0.25, 0.3) is 0 Å². The van der Waals surface area contributed by atoms with Crippen molar-refractivity contribution in [3.05, 3.63) is 29.3 Å². The molecule has 3 N–H and O–H groups in total. The van der Waals surface area contributed by atoms with E-state index in [4.69, 9.17) is 11.0 Å². The van der Waals surface area contributed by atoms with Gasteiger partial charge in [0.15, 0.2) is 6.19 Å². The number of guanidine groups is 1. The van der Waals surface area contributed by atoms with Gasteiger partial charge in [-0.15, -0.1) is 12.8 Å². The summed E-state index contributed by atoms with van der Waals surface area (Å²) in [7, 11) is 0. The summed E-state index contributed by atoms with van der Waals surface area (Å²) < 4.78 is 0. The topological polar surface area (TPSA) is 115 Å². The van der Waals surface area contributed by atoms with Gasteiger partial charge in [-0.05, 0) is 56.7 Å². The highest BCUT2D eigenvalue weighted by molar-refractivity contribution is 5.85. The van der Waals surface area contributed by atoms with Crippen LogP contribution in [0.5, 0.6) is 0 Å². The standard InChI is InChI=1S/C12H20N2O2.C10H12N4.C2H2/c15-11-6-2-1-3-9-14(11)10-12(16)13-7-4-5-8-13;1-7-4-3-5-9(8(7)2)14-10(12)13-6-11;1-2/h1-10H2;3-5H,1-2H3,(H3,12,13,14);1-2H. The lowest BCUT2D eigenvalue weighted by molar-refractivity contribution is -0.139. The van der Waals surface area contributed by atoms with E-state index < -0.39 is 0 Å². The minimum atomic E-state index is 0.112. The summed E-state index contributed by atoms with van der Waals surface area (Å²) in [6.45, 7) is 6.79. The molecule has 172 valence electrons. The SMILES string of the molecule is C#C.Cc1cccc(N=C(N)NC#N)c1C.O=C(CN1CCCCCC1=O)N1CCCC1. The van der Waals surface area contributed by atoms with Crippen molar-refractivity contribution in [2.24, 2.45) is 10.7 Å². The van der Waals surface area contributed by atoms with Crippen LogP contribution in [0.15, 0.2) is 23.2 Å². The maximum absolute atomic E-state index is 11.9. The van der Waals surface area contributed by atoms with E-state index in [1.165, 1.54) is 0 Å². The molecule has 2 saturated heterocycles. The van der Waals surface area contributed by atoms with Crippen LogP contribution in [0, 0.1) is 38.1 Å². The van der Waals surface area contributed by atoms with Crippen LogP contribution in [0.25, 0.3) is 0 Å². The number of likely N-dealkylation sites (tertiary alicyclic amines) is 2. The first-order valence-electron chi connectivity index (χ1n) is 10.9. The van der Waals surface area contributed by atoms with Crippen LogP contribution in [0.3, 0.4) is 0 Å². The maximum atomic E-state index is 11.9. The van der Waals surface area contributed by atoms with E-state index in [9.17, 15) is 9.59 Å². The number of nitrogens with two attached hydrogens (primary N) is 1. The molecule has 8 nitrogen and oxygen atoms in total. The lowest BCUT2D eigenvalue weighted by atomic mass is 10.1. The Labute approximate surface area is 191 Å². The smallest absolute Gasteiger partial charge is 0.242 e. The minimum absolute atomic E-state index is 0.112. The molecular formula is C24H34N6O2. The highest BCUT2D eigenvalue weighted by atomic mass is 16.2. The molecule has 2 fully saturated rings. The van der Waals surface area contributed by atoms with Crippen molar-refractivity contribution in [3.63, 3.8) is 0 Å². The molecule has 2 amide bonds. The molecule has 1 aromatic rings. The van der Waals surface area contributed by atoms with Crippen molar-refractivity contribution >= 4 is 23.5 Å². The molecule has 0 atom stereocenters. The Morgan fingerprint density at radius 3 is 2.47 bits per heavy atom. The molecule has 0 unspecified atom stereocenters. The first-order valence-corrected chi connectivity index (χ1v) is 10.9. The van der Waals surface area contributed by atoms with Crippen LogP contribution >= 0.6 is 0 Å². The first-order chi connectivity index (χ1) is 15.4. The molecule has 0 bridgehead atoms. The zero-order valence-electron chi connectivity index (χ0n) is 19.1. The zero-order chi connectivity index (χ0) is 23.9. The molecule has 8 heteroatoms. The number of aryl methyl sites for hydroxylation is 1. The Hall–Kier alpha value is -3.52. The van der Waals surface area contributed by atoms with Gasteiger partial charge in [0, 0.05) is 26.1 Å². The van der Waals surface area contributed by atoms with Gasteiger partial charge < -0.3 is 15.5 Å². The molecule has 2 aliphatic heterocycles. The summed E-state index contributed by atoms with van der Waals surface area (Å²) >= 11 is 0. The average molecular weight is 439 g/mol. The minimum Gasteiger partial charge on any atom is -0.369 e. The van der Waals surface area contributed by atoms with Crippen molar-refractivity contribution in [1.29, 1.82) is 5.26 Å². The fourth-order valence-electron chi connectivity index (χ4n) is 3.51. The first kappa shape index (κ1) is 26.5. The van der Waals surface area contributed by atoms with E-state index >= 15 is 0 Å². The van der Waals surface area contributed by atoms with Crippen LogP contribution in [0.4, 0.5) is 5.69 Å². The van der Waals surface area contributed by atoms with Crippen LogP contribution in [0.2, 0.25) is 0 Å². The fraction of sp³-hybridized carbons (Fsp3) is 0.500. The largest absolute Gasteiger partial charge is 0.369 e. The molecule has 2 heterocycles. The molecule has 0 saturated carbocycles. The molecule has 32 heavy (non-hydrogen) atoms. The number of nitriles is 1. The molecule has 1 aromatic carbocycles. The highest BCUT2D eigenvalue weighted by Gasteiger charge is 2.23. The monoisotopic (exact) mass is 438 g/mol. The molecule has 0 aliphatic carbocycles. The summed E-state index contributed by atoms with van der Waals surface area (Å²) in [5.41, 5.74) is 8.45. The third-order valence-corrected chi connectivity index (χ3v) is 5.46. The average Bonchev–Trinajstić information content (AvgIpc) is 3.25. The maximum Gasteiger partial charge on any atom is 0.242 e. The highest BCUT2D eigenvalue weighted by Crippen LogP contribution is 2.20.